The molecule has 5 aliphatic carbocycles. The molecule has 5 aliphatic rings. The monoisotopic (exact) mass is 808 g/mol. The van der Waals surface area contributed by atoms with Crippen LogP contribution < -0.4 is 0 Å². The van der Waals surface area contributed by atoms with Crippen molar-refractivity contribution in [2.75, 3.05) is 0 Å². The lowest BCUT2D eigenvalue weighted by molar-refractivity contribution is -0.0399. The van der Waals surface area contributed by atoms with E-state index in [0.29, 0.717) is 0 Å². The number of benzene rings is 8. The van der Waals surface area contributed by atoms with E-state index in [-0.39, 0.29) is 5.41 Å². The molecule has 0 radical (unpaired) electrons. The molecule has 300 valence electrons. The molecule has 3 aromatic heterocycles. The predicted molar refractivity (Wildman–Crippen MR) is 258 cm³/mol. The molecule has 0 unspecified atom stereocenters. The second kappa shape index (κ2) is 12.5. The molecule has 0 atom stereocenters. The zero-order valence-electron chi connectivity index (χ0n) is 35.0. The standard InChI is InChI=1S/C59H44N4/c1-2-12-42(13-3-1)62-57-21-11-8-18-52(57)60-58(62)63-54-20-10-6-16-47(54)49-34-39(23-27-56(49)63)38-22-26-55-48(33-38)46-15-5-9-19-53(46)61(55)43-24-25-45-44-14-4-7-17-50(44)59(51(45)35-43)40-29-36-28-37(31-40)32-41(59)30-36/h1-27,33-37,40-41H,28-32H2. The number of fused-ring (bicyclic) bond motifs is 10. The summed E-state index contributed by atoms with van der Waals surface area (Å²) in [4.78, 5) is 5.30. The Morgan fingerprint density at radius 3 is 1.65 bits per heavy atom. The Labute approximate surface area is 365 Å². The fourth-order valence-electron chi connectivity index (χ4n) is 14.1. The van der Waals surface area contributed by atoms with Gasteiger partial charge in [0.15, 0.2) is 0 Å². The molecule has 4 fully saturated rings. The van der Waals surface area contributed by atoms with Crippen molar-refractivity contribution in [2.24, 2.45) is 23.7 Å². The average molecular weight is 809 g/mol. The molecule has 0 N–H and O–H groups in total. The van der Waals surface area contributed by atoms with Crippen molar-refractivity contribution in [1.29, 1.82) is 0 Å². The molecule has 3 heterocycles. The average Bonchev–Trinajstić information content (AvgIpc) is 4.06. The van der Waals surface area contributed by atoms with Crippen LogP contribution in [0.5, 0.6) is 0 Å². The van der Waals surface area contributed by atoms with Gasteiger partial charge >= 0.3 is 0 Å². The Kier molecular flexibility index (Phi) is 6.82. The maximum absolute atomic E-state index is 5.30. The van der Waals surface area contributed by atoms with Crippen LogP contribution in [0.15, 0.2) is 182 Å². The molecule has 0 saturated heterocycles. The van der Waals surface area contributed by atoms with Gasteiger partial charge in [-0.05, 0) is 162 Å². The second-order valence-corrected chi connectivity index (χ2v) is 19.2. The van der Waals surface area contributed by atoms with Crippen LogP contribution in [0.2, 0.25) is 0 Å². The van der Waals surface area contributed by atoms with Gasteiger partial charge in [-0.15, -0.1) is 0 Å². The van der Waals surface area contributed by atoms with Crippen molar-refractivity contribution in [2.45, 2.75) is 37.5 Å². The summed E-state index contributed by atoms with van der Waals surface area (Å²) >= 11 is 0. The Bertz CT molecular complexity index is 3680. The minimum Gasteiger partial charge on any atom is -0.309 e. The third kappa shape index (κ3) is 4.53. The summed E-state index contributed by atoms with van der Waals surface area (Å²) in [6, 6.07) is 68.0. The first kappa shape index (κ1) is 34.4. The van der Waals surface area contributed by atoms with Crippen LogP contribution in [0.3, 0.4) is 0 Å². The Hall–Kier alpha value is -7.17. The summed E-state index contributed by atoms with van der Waals surface area (Å²) < 4.78 is 7.19. The second-order valence-electron chi connectivity index (χ2n) is 19.2. The minimum atomic E-state index is 0.136. The number of imidazole rings is 1. The largest absolute Gasteiger partial charge is 0.309 e. The van der Waals surface area contributed by atoms with E-state index < -0.39 is 0 Å². The van der Waals surface area contributed by atoms with Crippen LogP contribution in [-0.4, -0.2) is 18.7 Å². The highest BCUT2D eigenvalue weighted by Gasteiger charge is 2.61. The summed E-state index contributed by atoms with van der Waals surface area (Å²) in [6.45, 7) is 0. The first-order chi connectivity index (χ1) is 31.2. The lowest BCUT2D eigenvalue weighted by Gasteiger charge is -2.61. The molecule has 8 aromatic carbocycles. The molecule has 16 rings (SSSR count). The normalized spacial score (nSPS) is 22.0. The summed E-state index contributed by atoms with van der Waals surface area (Å²) in [7, 11) is 0. The number of aromatic nitrogens is 4. The molecule has 11 aromatic rings. The molecular weight excluding hydrogens is 765 g/mol. The van der Waals surface area contributed by atoms with Crippen molar-refractivity contribution >= 4 is 54.6 Å². The first-order valence-corrected chi connectivity index (χ1v) is 23.1. The minimum absolute atomic E-state index is 0.136. The van der Waals surface area contributed by atoms with Gasteiger partial charge in [-0.3, -0.25) is 9.13 Å². The van der Waals surface area contributed by atoms with Crippen LogP contribution >= 0.6 is 0 Å². The van der Waals surface area contributed by atoms with Gasteiger partial charge in [0.05, 0.1) is 33.1 Å². The third-order valence-corrected chi connectivity index (χ3v) is 16.2. The van der Waals surface area contributed by atoms with Crippen LogP contribution in [0.25, 0.3) is 94.2 Å². The Morgan fingerprint density at radius 1 is 0.381 bits per heavy atom. The highest BCUT2D eigenvalue weighted by molar-refractivity contribution is 6.13. The summed E-state index contributed by atoms with van der Waals surface area (Å²) in [5, 5.41) is 5.01. The zero-order valence-corrected chi connectivity index (χ0v) is 35.0. The van der Waals surface area contributed by atoms with Gasteiger partial charge in [-0.2, -0.15) is 0 Å². The maximum Gasteiger partial charge on any atom is 0.220 e. The fraction of sp³-hybridized carbons (Fsp3) is 0.169. The molecule has 4 nitrogen and oxygen atoms in total. The van der Waals surface area contributed by atoms with E-state index in [0.717, 1.165) is 57.4 Å². The summed E-state index contributed by atoms with van der Waals surface area (Å²) in [6.07, 6.45) is 7.04. The SMILES string of the molecule is c1ccc(-n2c(-n3c4ccccc4c4cc(-c5ccc6c(c5)c5ccccc5n6-c5ccc6c(c5)C5(c7ccccc7-6)C6CC7CC(C6)CC5C7)ccc43)nc3ccccc32)cc1. The van der Waals surface area contributed by atoms with Gasteiger partial charge in [0.2, 0.25) is 5.95 Å². The number of rotatable bonds is 4. The van der Waals surface area contributed by atoms with Crippen LogP contribution in [-0.2, 0) is 5.41 Å². The smallest absolute Gasteiger partial charge is 0.220 e. The van der Waals surface area contributed by atoms with Gasteiger partial charge in [-0.25, -0.2) is 4.98 Å². The van der Waals surface area contributed by atoms with Crippen LogP contribution in [0.4, 0.5) is 0 Å². The number of nitrogens with zero attached hydrogens (tertiary/aromatic N) is 4. The topological polar surface area (TPSA) is 27.7 Å². The van der Waals surface area contributed by atoms with Crippen molar-refractivity contribution in [3.05, 3.63) is 193 Å². The van der Waals surface area contributed by atoms with E-state index in [1.807, 2.05) is 0 Å². The predicted octanol–water partition coefficient (Wildman–Crippen LogP) is 14.6. The molecule has 0 amide bonds. The Balaban J connectivity index is 0.895. The highest BCUT2D eigenvalue weighted by Crippen LogP contribution is 2.69. The van der Waals surface area contributed by atoms with Crippen LogP contribution in [0.1, 0.15) is 43.2 Å². The fourth-order valence-corrected chi connectivity index (χ4v) is 14.1. The maximum atomic E-state index is 5.30. The lowest BCUT2D eigenvalue weighted by atomic mass is 9.43. The number of para-hydroxylation sites is 5. The number of hydrogen-bond acceptors (Lipinski definition) is 1. The van der Waals surface area contributed by atoms with Gasteiger partial charge < -0.3 is 4.57 Å². The molecule has 4 saturated carbocycles. The van der Waals surface area contributed by atoms with Crippen molar-refractivity contribution in [1.82, 2.24) is 18.7 Å². The van der Waals surface area contributed by atoms with E-state index >= 15 is 0 Å². The third-order valence-electron chi connectivity index (χ3n) is 16.2. The van der Waals surface area contributed by atoms with Gasteiger partial charge in [-0.1, -0.05) is 109 Å². The summed E-state index contributed by atoms with van der Waals surface area (Å²) in [5.74, 6) is 4.22. The van der Waals surface area contributed by atoms with Gasteiger partial charge in [0, 0.05) is 38.3 Å². The molecule has 4 heteroatoms. The molecule has 1 spiro atoms. The molecule has 4 bridgehead atoms. The van der Waals surface area contributed by atoms with Crippen molar-refractivity contribution < 1.29 is 0 Å². The number of hydrogen-bond donors (Lipinski definition) is 0. The van der Waals surface area contributed by atoms with Gasteiger partial charge in [0.1, 0.15) is 0 Å². The van der Waals surface area contributed by atoms with Crippen molar-refractivity contribution in [3.63, 3.8) is 0 Å². The highest BCUT2D eigenvalue weighted by atomic mass is 15.2. The van der Waals surface area contributed by atoms with Crippen LogP contribution in [0, 0.1) is 23.7 Å². The quantitative estimate of drug-likeness (QED) is 0.174. The van der Waals surface area contributed by atoms with E-state index in [2.05, 4.69) is 196 Å². The van der Waals surface area contributed by atoms with E-state index in [1.165, 1.54) is 92.6 Å². The lowest BCUT2D eigenvalue weighted by Crippen LogP contribution is -2.55. The van der Waals surface area contributed by atoms with E-state index in [1.54, 1.807) is 11.1 Å². The first-order valence-electron chi connectivity index (χ1n) is 23.1. The summed E-state index contributed by atoms with van der Waals surface area (Å²) in [5.41, 5.74) is 18.0. The van der Waals surface area contributed by atoms with E-state index in [4.69, 9.17) is 4.98 Å². The van der Waals surface area contributed by atoms with Gasteiger partial charge in [0.25, 0.3) is 0 Å². The molecule has 63 heavy (non-hydrogen) atoms. The Morgan fingerprint density at radius 2 is 0.937 bits per heavy atom. The molecular formula is C59H44N4. The molecule has 0 aliphatic heterocycles. The zero-order chi connectivity index (χ0) is 41.0. The van der Waals surface area contributed by atoms with Crippen molar-refractivity contribution in [3.8, 4) is 39.6 Å². The van der Waals surface area contributed by atoms with E-state index in [9.17, 15) is 0 Å².